The fourth-order valence-electron chi connectivity index (χ4n) is 2.86. The zero-order chi connectivity index (χ0) is 21.9. The van der Waals surface area contributed by atoms with Crippen molar-refractivity contribution in [2.24, 2.45) is 0 Å². The maximum atomic E-state index is 12.5. The molecule has 0 aliphatic heterocycles. The van der Waals surface area contributed by atoms with Gasteiger partial charge < -0.3 is 19.4 Å². The van der Waals surface area contributed by atoms with Crippen LogP contribution in [0.2, 0.25) is 0 Å². The molecule has 1 aromatic heterocycles. The lowest BCUT2D eigenvalue weighted by molar-refractivity contribution is -0.131. The van der Waals surface area contributed by atoms with E-state index in [1.807, 2.05) is 30.3 Å². The summed E-state index contributed by atoms with van der Waals surface area (Å²) in [6, 6.07) is 10.2. The van der Waals surface area contributed by atoms with Crippen LogP contribution < -0.4 is 10.1 Å². The number of furan rings is 1. The van der Waals surface area contributed by atoms with Crippen molar-refractivity contribution in [3.05, 3.63) is 91.4 Å². The number of nitrogens with one attached hydrogen (secondary N) is 1. The lowest BCUT2D eigenvalue weighted by Crippen LogP contribution is -2.47. The van der Waals surface area contributed by atoms with Crippen molar-refractivity contribution in [3.63, 3.8) is 0 Å². The summed E-state index contributed by atoms with van der Waals surface area (Å²) in [4.78, 5) is 26.5. The number of hydrogen-bond acceptors (Lipinski definition) is 4. The summed E-state index contributed by atoms with van der Waals surface area (Å²) in [7, 11) is 0. The highest BCUT2D eigenvalue weighted by Crippen LogP contribution is 2.20. The van der Waals surface area contributed by atoms with Gasteiger partial charge in [-0.15, -0.1) is 19.7 Å². The molecule has 0 radical (unpaired) electrons. The van der Waals surface area contributed by atoms with Crippen LogP contribution in [0.4, 0.5) is 0 Å². The van der Waals surface area contributed by atoms with E-state index in [-0.39, 0.29) is 18.3 Å². The molecule has 0 bridgehead atoms. The minimum absolute atomic E-state index is 0.117. The van der Waals surface area contributed by atoms with E-state index >= 15 is 0 Å². The summed E-state index contributed by atoms with van der Waals surface area (Å²) in [6.45, 7) is 13.6. The Balaban J connectivity index is 1.96. The summed E-state index contributed by atoms with van der Waals surface area (Å²) >= 11 is 0. The Bertz CT molecular complexity index is 890. The molecule has 1 heterocycles. The quantitative estimate of drug-likeness (QED) is 0.541. The second-order valence-electron chi connectivity index (χ2n) is 6.67. The number of nitrogens with zero attached hydrogens (tertiary/aromatic N) is 1. The molecule has 30 heavy (non-hydrogen) atoms. The first kappa shape index (κ1) is 22.7. The van der Waals surface area contributed by atoms with Crippen molar-refractivity contribution in [1.82, 2.24) is 10.2 Å². The number of hydrogen-bond donors (Lipinski definition) is 1. The molecular weight excluding hydrogens is 380 g/mol. The van der Waals surface area contributed by atoms with Crippen LogP contribution >= 0.6 is 0 Å². The van der Waals surface area contributed by atoms with Crippen LogP contribution in [-0.2, 0) is 17.8 Å². The van der Waals surface area contributed by atoms with Gasteiger partial charge >= 0.3 is 0 Å². The van der Waals surface area contributed by atoms with E-state index in [0.717, 1.165) is 11.3 Å². The third-order valence-corrected chi connectivity index (χ3v) is 4.32. The van der Waals surface area contributed by atoms with Gasteiger partial charge in [-0.05, 0) is 37.1 Å². The Morgan fingerprint density at radius 3 is 2.47 bits per heavy atom. The number of ether oxygens (including phenoxy) is 1. The fourth-order valence-corrected chi connectivity index (χ4v) is 2.86. The number of benzene rings is 1. The fraction of sp³-hybridized carbons (Fsp3) is 0.250. The highest BCUT2D eigenvalue weighted by Gasteiger charge is 2.22. The molecule has 0 aliphatic rings. The number of carbonyl (C=O) groups excluding carboxylic acids is 2. The Kier molecular flexibility index (Phi) is 8.69. The normalized spacial score (nSPS) is 11.2. The molecule has 6 heteroatoms. The van der Waals surface area contributed by atoms with Gasteiger partial charge in [0.2, 0.25) is 5.91 Å². The molecule has 6 nitrogen and oxygen atoms in total. The zero-order valence-corrected chi connectivity index (χ0v) is 17.3. The molecule has 0 aliphatic carbocycles. The number of amides is 2. The summed E-state index contributed by atoms with van der Waals surface area (Å²) in [6.07, 6.45) is 5.76. The first-order valence-electron chi connectivity index (χ1n) is 9.71. The monoisotopic (exact) mass is 408 g/mol. The maximum absolute atomic E-state index is 12.5. The van der Waals surface area contributed by atoms with Crippen LogP contribution in [0.25, 0.3) is 0 Å². The van der Waals surface area contributed by atoms with Crippen molar-refractivity contribution >= 4 is 11.8 Å². The summed E-state index contributed by atoms with van der Waals surface area (Å²) < 4.78 is 11.4. The summed E-state index contributed by atoms with van der Waals surface area (Å²) in [5, 5.41) is 2.66. The lowest BCUT2D eigenvalue weighted by Gasteiger charge is -2.23. The highest BCUT2D eigenvalue weighted by atomic mass is 16.5. The van der Waals surface area contributed by atoms with Crippen LogP contribution in [-0.4, -0.2) is 35.8 Å². The highest BCUT2D eigenvalue weighted by molar-refractivity contribution is 5.95. The van der Waals surface area contributed by atoms with E-state index in [1.54, 1.807) is 36.1 Å². The van der Waals surface area contributed by atoms with Gasteiger partial charge in [0, 0.05) is 13.1 Å². The van der Waals surface area contributed by atoms with E-state index in [4.69, 9.17) is 9.15 Å². The van der Waals surface area contributed by atoms with Gasteiger partial charge in [-0.25, -0.2) is 0 Å². The molecule has 158 valence electrons. The molecule has 0 saturated heterocycles. The molecule has 1 N–H and O–H groups in total. The molecule has 0 saturated carbocycles. The van der Waals surface area contributed by atoms with E-state index in [2.05, 4.69) is 25.1 Å². The Hall–Kier alpha value is -3.54. The molecule has 0 fully saturated rings. The maximum Gasteiger partial charge on any atom is 0.287 e. The third kappa shape index (κ3) is 6.24. The number of carbonyl (C=O) groups is 2. The van der Waals surface area contributed by atoms with Crippen molar-refractivity contribution in [3.8, 4) is 5.75 Å². The van der Waals surface area contributed by atoms with Crippen LogP contribution in [0, 0.1) is 0 Å². The minimum Gasteiger partial charge on any atom is -0.485 e. The predicted molar refractivity (Wildman–Crippen MR) is 117 cm³/mol. The zero-order valence-electron chi connectivity index (χ0n) is 17.3. The SMILES string of the molecule is C=CCc1ccccc1OCc1ccc(C(=O)NC(C)C(=O)N(CC=C)CC=C)o1. The first-order chi connectivity index (χ1) is 14.5. The van der Waals surface area contributed by atoms with E-state index in [0.29, 0.717) is 25.3 Å². The summed E-state index contributed by atoms with van der Waals surface area (Å²) in [5.41, 5.74) is 1.02. The average molecular weight is 408 g/mol. The lowest BCUT2D eigenvalue weighted by atomic mass is 10.1. The third-order valence-electron chi connectivity index (χ3n) is 4.32. The molecule has 1 atom stereocenters. The van der Waals surface area contributed by atoms with Crippen molar-refractivity contribution in [1.29, 1.82) is 0 Å². The second-order valence-corrected chi connectivity index (χ2v) is 6.67. The van der Waals surface area contributed by atoms with Gasteiger partial charge in [-0.1, -0.05) is 36.4 Å². The largest absolute Gasteiger partial charge is 0.485 e. The molecule has 1 unspecified atom stereocenters. The van der Waals surface area contributed by atoms with Gasteiger partial charge in [-0.2, -0.15) is 0 Å². The topological polar surface area (TPSA) is 71.8 Å². The van der Waals surface area contributed by atoms with E-state index in [9.17, 15) is 9.59 Å². The summed E-state index contributed by atoms with van der Waals surface area (Å²) in [5.74, 6) is 0.672. The molecular formula is C24H28N2O4. The Labute approximate surface area is 177 Å². The van der Waals surface area contributed by atoms with Gasteiger partial charge in [0.15, 0.2) is 5.76 Å². The molecule has 2 amide bonds. The van der Waals surface area contributed by atoms with Crippen molar-refractivity contribution in [2.75, 3.05) is 13.1 Å². The van der Waals surface area contributed by atoms with E-state index < -0.39 is 11.9 Å². The smallest absolute Gasteiger partial charge is 0.287 e. The van der Waals surface area contributed by atoms with Gasteiger partial charge in [-0.3, -0.25) is 9.59 Å². The van der Waals surface area contributed by atoms with Crippen molar-refractivity contribution in [2.45, 2.75) is 26.0 Å². The second kappa shape index (κ2) is 11.5. The van der Waals surface area contributed by atoms with Crippen LogP contribution in [0.1, 0.15) is 28.8 Å². The standard InChI is InChI=1S/C24H28N2O4/c1-5-10-19-11-8-9-12-21(19)29-17-20-13-14-22(30-20)23(27)25-18(4)24(28)26(15-6-2)16-7-3/h5-9,11-14,18H,1-3,10,15-17H2,4H3,(H,25,27). The van der Waals surface area contributed by atoms with Gasteiger partial charge in [0.25, 0.3) is 5.91 Å². The van der Waals surface area contributed by atoms with Crippen molar-refractivity contribution < 1.29 is 18.7 Å². The van der Waals surface area contributed by atoms with Crippen LogP contribution in [0.5, 0.6) is 5.75 Å². The van der Waals surface area contributed by atoms with Crippen LogP contribution in [0.3, 0.4) is 0 Å². The van der Waals surface area contributed by atoms with Gasteiger partial charge in [0.1, 0.15) is 24.2 Å². The molecule has 2 aromatic rings. The average Bonchev–Trinajstić information content (AvgIpc) is 3.22. The number of rotatable bonds is 12. The Morgan fingerprint density at radius 2 is 1.80 bits per heavy atom. The molecule has 0 spiro atoms. The van der Waals surface area contributed by atoms with Crippen LogP contribution in [0.15, 0.2) is 78.8 Å². The number of para-hydroxylation sites is 1. The molecule has 1 aromatic carbocycles. The first-order valence-corrected chi connectivity index (χ1v) is 9.71. The molecule has 2 rings (SSSR count). The Morgan fingerprint density at radius 1 is 1.10 bits per heavy atom. The van der Waals surface area contributed by atoms with E-state index in [1.165, 1.54) is 0 Å². The number of allylic oxidation sites excluding steroid dienone is 1. The minimum atomic E-state index is -0.715. The predicted octanol–water partition coefficient (Wildman–Crippen LogP) is 3.91. The van der Waals surface area contributed by atoms with Gasteiger partial charge in [0.05, 0.1) is 0 Å².